The van der Waals surface area contributed by atoms with Gasteiger partial charge in [0.15, 0.2) is 5.69 Å². The molecule has 0 bridgehead atoms. The summed E-state index contributed by atoms with van der Waals surface area (Å²) >= 11 is 0. The van der Waals surface area contributed by atoms with Crippen LogP contribution in [0.15, 0.2) is 24.3 Å². The van der Waals surface area contributed by atoms with Crippen LogP contribution in [0.3, 0.4) is 0 Å². The lowest BCUT2D eigenvalue weighted by Crippen LogP contribution is -2.48. The molecule has 1 aromatic carbocycles. The second-order valence-electron chi connectivity index (χ2n) is 7.57. The molecule has 2 aromatic rings. The number of amides is 1. The third kappa shape index (κ3) is 5.15. The van der Waals surface area contributed by atoms with Crippen molar-refractivity contribution in [2.24, 2.45) is 5.92 Å². The average Bonchev–Trinajstić information content (AvgIpc) is 3.07. The number of rotatable bonds is 7. The van der Waals surface area contributed by atoms with Crippen molar-refractivity contribution < 1.29 is 14.5 Å². The van der Waals surface area contributed by atoms with E-state index in [1.807, 2.05) is 0 Å². The first-order chi connectivity index (χ1) is 13.8. The molecule has 1 aliphatic rings. The third-order valence-electron chi connectivity index (χ3n) is 4.73. The zero-order chi connectivity index (χ0) is 21.0. The molecule has 1 unspecified atom stereocenters. The number of nitro benzene ring substituents is 1. The van der Waals surface area contributed by atoms with Gasteiger partial charge >= 0.3 is 0 Å². The molecule has 10 heteroatoms. The van der Waals surface area contributed by atoms with E-state index in [-0.39, 0.29) is 23.4 Å². The summed E-state index contributed by atoms with van der Waals surface area (Å²) in [6, 6.07) is 6.03. The monoisotopic (exact) mass is 402 g/mol. The van der Waals surface area contributed by atoms with Gasteiger partial charge in [0.2, 0.25) is 0 Å². The van der Waals surface area contributed by atoms with Crippen molar-refractivity contribution in [3.05, 3.63) is 45.8 Å². The van der Waals surface area contributed by atoms with E-state index in [0.717, 1.165) is 19.6 Å². The molecular formula is C19H26N6O4. The number of ether oxygens (including phenoxy) is 1. The summed E-state index contributed by atoms with van der Waals surface area (Å²) in [7, 11) is 0. The van der Waals surface area contributed by atoms with Crippen molar-refractivity contribution in [1.29, 1.82) is 0 Å². The van der Waals surface area contributed by atoms with Gasteiger partial charge in [-0.1, -0.05) is 25.1 Å². The number of nitrogens with one attached hydrogen (secondary N) is 1. The van der Waals surface area contributed by atoms with Crippen LogP contribution in [0.1, 0.15) is 30.0 Å². The van der Waals surface area contributed by atoms with E-state index < -0.39 is 4.92 Å². The number of hydrogen-bond donors (Lipinski definition) is 1. The van der Waals surface area contributed by atoms with Gasteiger partial charge in [-0.15, -0.1) is 5.10 Å². The lowest BCUT2D eigenvalue weighted by molar-refractivity contribution is -0.384. The highest BCUT2D eigenvalue weighted by Crippen LogP contribution is 2.18. The summed E-state index contributed by atoms with van der Waals surface area (Å²) in [5.41, 5.74) is 1.12. The van der Waals surface area contributed by atoms with E-state index in [1.54, 1.807) is 19.1 Å². The normalized spacial score (nSPS) is 17.4. The highest BCUT2D eigenvalue weighted by atomic mass is 16.6. The Morgan fingerprint density at radius 2 is 2.24 bits per heavy atom. The summed E-state index contributed by atoms with van der Waals surface area (Å²) in [6.45, 7) is 9.78. The van der Waals surface area contributed by atoms with E-state index >= 15 is 0 Å². The molecule has 1 aromatic heterocycles. The smallest absolute Gasteiger partial charge is 0.273 e. The molecule has 1 N–H and O–H groups in total. The van der Waals surface area contributed by atoms with E-state index in [4.69, 9.17) is 4.74 Å². The molecular weight excluding hydrogens is 376 g/mol. The molecule has 0 aliphatic carbocycles. The van der Waals surface area contributed by atoms with E-state index in [0.29, 0.717) is 30.5 Å². The zero-order valence-corrected chi connectivity index (χ0v) is 16.9. The molecule has 0 spiro atoms. The van der Waals surface area contributed by atoms with Crippen molar-refractivity contribution in [2.45, 2.75) is 26.9 Å². The second-order valence-corrected chi connectivity index (χ2v) is 7.57. The van der Waals surface area contributed by atoms with Crippen molar-refractivity contribution in [1.82, 2.24) is 25.2 Å². The first-order valence-electron chi connectivity index (χ1n) is 9.64. The summed E-state index contributed by atoms with van der Waals surface area (Å²) in [5.74, 6) is 0.235. The van der Waals surface area contributed by atoms with Crippen LogP contribution in [0.25, 0.3) is 5.69 Å². The van der Waals surface area contributed by atoms with Gasteiger partial charge in [0.1, 0.15) is 0 Å². The lowest BCUT2D eigenvalue weighted by Gasteiger charge is -2.33. The molecule has 1 aliphatic heterocycles. The van der Waals surface area contributed by atoms with E-state index in [1.165, 1.54) is 16.8 Å². The molecule has 1 saturated heterocycles. The van der Waals surface area contributed by atoms with Gasteiger partial charge in [-0.25, -0.2) is 4.68 Å². The topological polar surface area (TPSA) is 115 Å². The Morgan fingerprint density at radius 3 is 2.97 bits per heavy atom. The van der Waals surface area contributed by atoms with E-state index in [9.17, 15) is 14.9 Å². The molecule has 3 rings (SSSR count). The number of nitrogens with zero attached hydrogens (tertiary/aromatic N) is 5. The average molecular weight is 402 g/mol. The predicted molar refractivity (Wildman–Crippen MR) is 106 cm³/mol. The van der Waals surface area contributed by atoms with E-state index in [2.05, 4.69) is 34.4 Å². The van der Waals surface area contributed by atoms with Crippen LogP contribution in [-0.4, -0.2) is 69.6 Å². The van der Waals surface area contributed by atoms with Crippen LogP contribution >= 0.6 is 0 Å². The van der Waals surface area contributed by atoms with Crippen molar-refractivity contribution in [3.63, 3.8) is 0 Å². The third-order valence-corrected chi connectivity index (χ3v) is 4.73. The second kappa shape index (κ2) is 9.10. The molecule has 29 heavy (non-hydrogen) atoms. The minimum atomic E-state index is -0.476. The lowest BCUT2D eigenvalue weighted by atomic mass is 10.2. The Hall–Kier alpha value is -2.85. The number of carbonyl (C=O) groups excluding carboxylic acids is 1. The van der Waals surface area contributed by atoms with Gasteiger partial charge in [0.05, 0.1) is 29.0 Å². The molecule has 1 fully saturated rings. The quantitative estimate of drug-likeness (QED) is 0.552. The summed E-state index contributed by atoms with van der Waals surface area (Å²) in [4.78, 5) is 25.4. The van der Waals surface area contributed by atoms with Crippen LogP contribution in [0, 0.1) is 23.0 Å². The number of hydrogen-bond acceptors (Lipinski definition) is 7. The SMILES string of the molecule is Cc1c(C(=O)NCC2CN(CC(C)C)CCO2)nnn1-c1cccc([N+](=O)[O-])c1. The number of non-ortho nitro benzene ring substituents is 1. The Labute approximate surface area is 169 Å². The van der Waals surface area contributed by atoms with Crippen LogP contribution in [0.2, 0.25) is 0 Å². The van der Waals surface area contributed by atoms with Crippen LogP contribution in [-0.2, 0) is 4.74 Å². The van der Waals surface area contributed by atoms with Gasteiger partial charge < -0.3 is 10.1 Å². The van der Waals surface area contributed by atoms with Crippen molar-refractivity contribution in [3.8, 4) is 5.69 Å². The first-order valence-corrected chi connectivity index (χ1v) is 9.64. The minimum absolute atomic E-state index is 0.0520. The molecule has 1 atom stereocenters. The van der Waals surface area contributed by atoms with Crippen LogP contribution in [0.5, 0.6) is 0 Å². The highest BCUT2D eigenvalue weighted by Gasteiger charge is 2.23. The van der Waals surface area contributed by atoms with Gasteiger partial charge in [-0.3, -0.25) is 19.8 Å². The summed E-state index contributed by atoms with van der Waals surface area (Å²) in [6.07, 6.45) is -0.0708. The van der Waals surface area contributed by atoms with Crippen molar-refractivity contribution >= 4 is 11.6 Å². The maximum Gasteiger partial charge on any atom is 0.273 e. The first kappa shape index (κ1) is 20.9. The molecule has 1 amide bonds. The fourth-order valence-electron chi connectivity index (χ4n) is 3.40. The van der Waals surface area contributed by atoms with Gasteiger partial charge in [0.25, 0.3) is 11.6 Å². The maximum absolute atomic E-state index is 12.6. The maximum atomic E-state index is 12.6. The standard InChI is InChI=1S/C19H26N6O4/c1-13(2)11-23-7-8-29-17(12-23)10-20-19(26)18-14(3)24(22-21-18)15-5-4-6-16(9-15)25(27)28/h4-6,9,13,17H,7-8,10-12H2,1-3H3,(H,20,26). The molecule has 0 radical (unpaired) electrons. The van der Waals surface area contributed by atoms with Crippen molar-refractivity contribution in [2.75, 3.05) is 32.8 Å². The highest BCUT2D eigenvalue weighted by molar-refractivity contribution is 5.93. The van der Waals surface area contributed by atoms with Gasteiger partial charge in [0, 0.05) is 38.3 Å². The van der Waals surface area contributed by atoms with Crippen LogP contribution < -0.4 is 5.32 Å². The number of morpholine rings is 1. The number of benzene rings is 1. The Kier molecular flexibility index (Phi) is 6.55. The summed E-state index contributed by atoms with van der Waals surface area (Å²) < 4.78 is 7.17. The zero-order valence-electron chi connectivity index (χ0n) is 16.9. The Morgan fingerprint density at radius 1 is 1.45 bits per heavy atom. The Balaban J connectivity index is 1.64. The summed E-state index contributed by atoms with van der Waals surface area (Å²) in [5, 5.41) is 21.8. The fourth-order valence-corrected chi connectivity index (χ4v) is 3.40. The van der Waals surface area contributed by atoms with Gasteiger partial charge in [-0.05, 0) is 18.9 Å². The van der Waals surface area contributed by atoms with Crippen LogP contribution in [0.4, 0.5) is 5.69 Å². The Bertz CT molecular complexity index is 881. The minimum Gasteiger partial charge on any atom is -0.374 e. The molecule has 0 saturated carbocycles. The number of nitro groups is 1. The number of aromatic nitrogens is 3. The number of carbonyl (C=O) groups is 1. The predicted octanol–water partition coefficient (Wildman–Crippen LogP) is 1.57. The van der Waals surface area contributed by atoms with Gasteiger partial charge in [-0.2, -0.15) is 0 Å². The fraction of sp³-hybridized carbons (Fsp3) is 0.526. The molecule has 10 nitrogen and oxygen atoms in total. The largest absolute Gasteiger partial charge is 0.374 e. The molecule has 2 heterocycles. The molecule has 156 valence electrons.